The van der Waals surface area contributed by atoms with Gasteiger partial charge in [-0.15, -0.1) is 0 Å². The van der Waals surface area contributed by atoms with Crippen LogP contribution in [0, 0.1) is 0 Å². The lowest BCUT2D eigenvalue weighted by atomic mass is 10.0. The van der Waals surface area contributed by atoms with Crippen molar-refractivity contribution in [2.24, 2.45) is 0 Å². The van der Waals surface area contributed by atoms with Crippen LogP contribution in [0.5, 0.6) is 0 Å². The van der Waals surface area contributed by atoms with Gasteiger partial charge in [-0.2, -0.15) is 0 Å². The molecule has 0 heterocycles. The van der Waals surface area contributed by atoms with Crippen LogP contribution in [0.25, 0.3) is 0 Å². The van der Waals surface area contributed by atoms with Gasteiger partial charge in [0, 0.05) is 12.8 Å². The van der Waals surface area contributed by atoms with Crippen LogP contribution in [-0.4, -0.2) is 74.9 Å². The maximum atomic E-state index is 12.8. The zero-order chi connectivity index (χ0) is 46.4. The van der Waals surface area contributed by atoms with Crippen LogP contribution in [0.2, 0.25) is 0 Å². The Morgan fingerprint density at radius 3 is 1.30 bits per heavy atom. The van der Waals surface area contributed by atoms with Crippen molar-refractivity contribution in [3.05, 3.63) is 24.3 Å². The molecule has 0 rings (SSSR count). The summed E-state index contributed by atoms with van der Waals surface area (Å²) in [7, 11) is 1.47. The van der Waals surface area contributed by atoms with E-state index in [4.69, 9.17) is 18.5 Å². The van der Waals surface area contributed by atoms with Crippen LogP contribution in [0.1, 0.15) is 251 Å². The number of phosphoric ester groups is 1. The fourth-order valence-corrected chi connectivity index (χ4v) is 8.33. The van der Waals surface area contributed by atoms with Crippen LogP contribution in [0.3, 0.4) is 0 Å². The molecule has 0 saturated carbocycles. The summed E-state index contributed by atoms with van der Waals surface area (Å²) in [5.41, 5.74) is 0. The van der Waals surface area contributed by atoms with Gasteiger partial charge >= 0.3 is 19.8 Å². The molecule has 9 nitrogen and oxygen atoms in total. The van der Waals surface area contributed by atoms with Crippen molar-refractivity contribution in [3.63, 3.8) is 0 Å². The van der Waals surface area contributed by atoms with Crippen molar-refractivity contribution < 1.29 is 42.1 Å². The van der Waals surface area contributed by atoms with E-state index in [-0.39, 0.29) is 26.1 Å². The number of esters is 2. The molecule has 0 aliphatic rings. The number of likely N-dealkylation sites (N-methyl/N-ethyl adjacent to an activating group) is 1. The van der Waals surface area contributed by atoms with E-state index in [1.54, 1.807) is 0 Å². The minimum absolute atomic E-state index is 0.0281. The highest BCUT2D eigenvalue weighted by atomic mass is 31.2. The number of phosphoric acid groups is 1. The third-order valence-corrected chi connectivity index (χ3v) is 12.7. The Balaban J connectivity index is 4.24. The summed E-state index contributed by atoms with van der Waals surface area (Å²) >= 11 is 0. The molecule has 0 aromatic carbocycles. The van der Waals surface area contributed by atoms with Crippen molar-refractivity contribution in [2.75, 3.05) is 47.5 Å². The average molecular weight is 913 g/mol. The Morgan fingerprint density at radius 2 is 0.873 bits per heavy atom. The molecule has 0 spiro atoms. The number of unbranched alkanes of at least 4 members (excludes halogenated alkanes) is 31. The van der Waals surface area contributed by atoms with Gasteiger partial charge in [-0.1, -0.05) is 224 Å². The van der Waals surface area contributed by atoms with Crippen LogP contribution in [0.15, 0.2) is 24.3 Å². The minimum Gasteiger partial charge on any atom is -0.462 e. The zero-order valence-corrected chi connectivity index (χ0v) is 43.0. The molecule has 0 radical (unpaired) electrons. The SMILES string of the molecule is CCCCCCCCCCC/C=C/C/C=C/CCCC(=O)OC[C@H](COP(=O)(O)OCC[N+](C)(C)C)OC(=O)CCCCCCCCCCCCCCCCCCCCCCCC. The highest BCUT2D eigenvalue weighted by Crippen LogP contribution is 2.43. The van der Waals surface area contributed by atoms with E-state index in [9.17, 15) is 19.0 Å². The van der Waals surface area contributed by atoms with Gasteiger partial charge in [-0.25, -0.2) is 4.57 Å². The molecule has 1 unspecified atom stereocenters. The van der Waals surface area contributed by atoms with Crippen molar-refractivity contribution >= 4 is 19.8 Å². The lowest BCUT2D eigenvalue weighted by Crippen LogP contribution is -2.37. The maximum Gasteiger partial charge on any atom is 0.472 e. The summed E-state index contributed by atoms with van der Waals surface area (Å²) in [5.74, 6) is -0.838. The molecule has 0 saturated heterocycles. The quantitative estimate of drug-likeness (QED) is 0.0211. The molecule has 0 fully saturated rings. The van der Waals surface area contributed by atoms with Gasteiger partial charge in [-0.05, 0) is 38.5 Å². The molecule has 0 aliphatic heterocycles. The first kappa shape index (κ1) is 61.5. The van der Waals surface area contributed by atoms with Gasteiger partial charge in [-0.3, -0.25) is 18.6 Å². The van der Waals surface area contributed by atoms with Gasteiger partial charge in [0.2, 0.25) is 0 Å². The Hall–Kier alpha value is -1.51. The number of ether oxygens (including phenoxy) is 2. The van der Waals surface area contributed by atoms with Gasteiger partial charge < -0.3 is 18.9 Å². The number of hydrogen-bond donors (Lipinski definition) is 1. The second kappa shape index (κ2) is 45.6. The Morgan fingerprint density at radius 1 is 0.492 bits per heavy atom. The molecule has 2 atom stereocenters. The lowest BCUT2D eigenvalue weighted by molar-refractivity contribution is -0.870. The summed E-state index contributed by atoms with van der Waals surface area (Å²) in [6, 6.07) is 0. The summed E-state index contributed by atoms with van der Waals surface area (Å²) < 4.78 is 34.4. The number of hydrogen-bond acceptors (Lipinski definition) is 7. The second-order valence-electron chi connectivity index (χ2n) is 19.3. The predicted octanol–water partition coefficient (Wildman–Crippen LogP) is 15.9. The standard InChI is InChI=1S/C53H102NO8P/c1-6-8-10-12-14-16-18-20-22-24-25-26-27-28-30-32-34-36-38-40-42-44-46-53(56)62-51(50-61-63(57,58)60-48-47-54(3,4)5)49-59-52(55)45-43-41-39-37-35-33-31-29-23-21-19-17-15-13-11-9-7-2/h31,33,37,39,51H,6-30,32,34-36,38,40-50H2,1-5H3/p+1/b33-31+,39-37+/t51-/m1/s1. The molecule has 0 aromatic rings. The first-order chi connectivity index (χ1) is 30.5. The molecular formula is C53H103NO8P+. The van der Waals surface area contributed by atoms with E-state index in [1.165, 1.54) is 180 Å². The Kier molecular flexibility index (Phi) is 44.5. The Labute approximate surface area is 389 Å². The summed E-state index contributed by atoms with van der Waals surface area (Å²) in [6.45, 7) is 4.42. The second-order valence-corrected chi connectivity index (χ2v) is 20.7. The molecule has 372 valence electrons. The number of nitrogens with zero attached hydrogens (tertiary/aromatic N) is 1. The number of carbonyl (C=O) groups is 2. The fourth-order valence-electron chi connectivity index (χ4n) is 7.59. The largest absolute Gasteiger partial charge is 0.472 e. The maximum absolute atomic E-state index is 12.8. The summed E-state index contributed by atoms with van der Waals surface area (Å²) in [6.07, 6.45) is 52.5. The molecule has 0 bridgehead atoms. The van der Waals surface area contributed by atoms with E-state index >= 15 is 0 Å². The van der Waals surface area contributed by atoms with Gasteiger partial charge in [0.25, 0.3) is 0 Å². The summed E-state index contributed by atoms with van der Waals surface area (Å²) in [4.78, 5) is 35.5. The number of rotatable bonds is 49. The highest BCUT2D eigenvalue weighted by Gasteiger charge is 2.27. The van der Waals surface area contributed by atoms with E-state index in [0.717, 1.165) is 32.1 Å². The van der Waals surface area contributed by atoms with Gasteiger partial charge in [0.15, 0.2) is 6.10 Å². The van der Waals surface area contributed by atoms with Crippen molar-refractivity contribution in [1.29, 1.82) is 0 Å². The van der Waals surface area contributed by atoms with Gasteiger partial charge in [0.1, 0.15) is 19.8 Å². The van der Waals surface area contributed by atoms with E-state index < -0.39 is 32.5 Å². The topological polar surface area (TPSA) is 108 Å². The zero-order valence-electron chi connectivity index (χ0n) is 42.1. The monoisotopic (exact) mass is 913 g/mol. The third-order valence-electron chi connectivity index (χ3n) is 11.7. The first-order valence-corrected chi connectivity index (χ1v) is 28.1. The molecule has 0 amide bonds. The van der Waals surface area contributed by atoms with Crippen molar-refractivity contribution in [1.82, 2.24) is 0 Å². The molecule has 10 heteroatoms. The Bertz CT molecular complexity index is 1120. The predicted molar refractivity (Wildman–Crippen MR) is 266 cm³/mol. The van der Waals surface area contributed by atoms with Crippen LogP contribution in [0.4, 0.5) is 0 Å². The van der Waals surface area contributed by atoms with Crippen molar-refractivity contribution in [3.8, 4) is 0 Å². The van der Waals surface area contributed by atoms with Crippen LogP contribution >= 0.6 is 7.82 Å². The third kappa shape index (κ3) is 49.8. The molecule has 63 heavy (non-hydrogen) atoms. The molecular weight excluding hydrogens is 810 g/mol. The highest BCUT2D eigenvalue weighted by molar-refractivity contribution is 7.47. The number of carbonyl (C=O) groups excluding carboxylic acids is 2. The van der Waals surface area contributed by atoms with Crippen molar-refractivity contribution in [2.45, 2.75) is 258 Å². The first-order valence-electron chi connectivity index (χ1n) is 26.6. The van der Waals surface area contributed by atoms with Gasteiger partial charge in [0.05, 0.1) is 27.7 Å². The van der Waals surface area contributed by atoms with E-state index in [0.29, 0.717) is 23.9 Å². The van der Waals surface area contributed by atoms with E-state index in [1.807, 2.05) is 21.1 Å². The van der Waals surface area contributed by atoms with E-state index in [2.05, 4.69) is 38.2 Å². The minimum atomic E-state index is -4.39. The number of allylic oxidation sites excluding steroid dienone is 4. The summed E-state index contributed by atoms with van der Waals surface area (Å²) in [5, 5.41) is 0. The van der Waals surface area contributed by atoms with Crippen LogP contribution in [-0.2, 0) is 32.7 Å². The molecule has 0 aliphatic carbocycles. The smallest absolute Gasteiger partial charge is 0.462 e. The lowest BCUT2D eigenvalue weighted by Gasteiger charge is -2.24. The van der Waals surface area contributed by atoms with Crippen LogP contribution < -0.4 is 0 Å². The fraction of sp³-hybridized carbons (Fsp3) is 0.887. The normalized spacial score (nSPS) is 13.6. The molecule has 1 N–H and O–H groups in total. The number of quaternary nitrogens is 1. The average Bonchev–Trinajstić information content (AvgIpc) is 3.24. The molecule has 0 aromatic heterocycles.